The lowest BCUT2D eigenvalue weighted by Crippen LogP contribution is -2.50. The predicted octanol–water partition coefficient (Wildman–Crippen LogP) is 1.84. The molecular weight excluding hydrogens is 424 g/mol. The fourth-order valence-electron chi connectivity index (χ4n) is 4.20. The maximum Gasteiger partial charge on any atom is 0.270 e. The molecule has 0 bridgehead atoms. The summed E-state index contributed by atoms with van der Waals surface area (Å²) in [5.74, 6) is 6.78. The van der Waals surface area contributed by atoms with E-state index in [1.807, 2.05) is 31.2 Å². The van der Waals surface area contributed by atoms with Crippen LogP contribution in [0.5, 0.6) is 0 Å². The molecular formula is C22H32N8O3. The molecule has 1 fully saturated rings. The molecule has 1 atom stereocenters. The van der Waals surface area contributed by atoms with Crippen molar-refractivity contribution in [1.29, 1.82) is 0 Å². The van der Waals surface area contributed by atoms with Crippen LogP contribution in [-0.4, -0.2) is 68.7 Å². The zero-order valence-corrected chi connectivity index (χ0v) is 19.1. The minimum atomic E-state index is -0.573. The van der Waals surface area contributed by atoms with Crippen molar-refractivity contribution in [3.63, 3.8) is 0 Å². The van der Waals surface area contributed by atoms with Gasteiger partial charge in [-0.15, -0.1) is 15.0 Å². The van der Waals surface area contributed by atoms with E-state index in [1.54, 1.807) is 6.20 Å². The first-order valence-corrected chi connectivity index (χ1v) is 11.4. The van der Waals surface area contributed by atoms with E-state index >= 15 is 0 Å². The molecule has 1 aliphatic rings. The number of aromatic nitrogens is 4. The van der Waals surface area contributed by atoms with Gasteiger partial charge in [-0.1, -0.05) is 19.1 Å². The number of nitrogens with one attached hydrogen (secondary N) is 3. The second-order valence-electron chi connectivity index (χ2n) is 8.47. The van der Waals surface area contributed by atoms with Gasteiger partial charge in [-0.2, -0.15) is 5.90 Å². The Balaban J connectivity index is 1.49. The normalized spacial score (nSPS) is 16.5. The number of hydroxylamine groups is 2. The first-order chi connectivity index (χ1) is 16.1. The number of hydrogen-bond donors (Lipinski definition) is 4. The zero-order valence-electron chi connectivity index (χ0n) is 19.1. The van der Waals surface area contributed by atoms with Crippen LogP contribution in [0.15, 0.2) is 30.5 Å². The topological polar surface area (TPSA) is 137 Å². The lowest BCUT2D eigenvalue weighted by atomic mass is 9.97. The maximum absolute atomic E-state index is 13.1. The van der Waals surface area contributed by atoms with E-state index < -0.39 is 6.17 Å². The molecule has 2 aromatic heterocycles. The van der Waals surface area contributed by atoms with E-state index in [2.05, 4.69) is 42.2 Å². The number of carbonyl (C=O) groups excluding carboxylic acids is 1. The predicted molar refractivity (Wildman–Crippen MR) is 122 cm³/mol. The van der Waals surface area contributed by atoms with E-state index in [4.69, 9.17) is 10.9 Å². The highest BCUT2D eigenvalue weighted by Gasteiger charge is 2.26. The molecule has 0 radical (unpaired) electrons. The minimum Gasteiger partial charge on any atom is -0.342 e. The first kappa shape index (κ1) is 23.3. The standard InChI is InChI=1S/C22H32N8O3/c1-3-10-30(33-32-23)20(13-19-25-16-6-4-5-7-17(16)26-19)28-22(31)18-14-24-21(27-18)15-8-11-29(2)12-9-15/h4-7,14-15,20H,3,8-13,23H2,1-2H3,(H,24,27)(H,25,26)(H,28,31). The number of amides is 1. The summed E-state index contributed by atoms with van der Waals surface area (Å²) in [7, 11) is 2.12. The van der Waals surface area contributed by atoms with Gasteiger partial charge in [0.2, 0.25) is 0 Å². The van der Waals surface area contributed by atoms with Gasteiger partial charge in [0.15, 0.2) is 0 Å². The van der Waals surface area contributed by atoms with E-state index in [0.717, 1.165) is 49.2 Å². The molecule has 4 rings (SSSR count). The van der Waals surface area contributed by atoms with Gasteiger partial charge in [-0.3, -0.25) is 4.79 Å². The van der Waals surface area contributed by atoms with Crippen LogP contribution in [0.25, 0.3) is 11.0 Å². The van der Waals surface area contributed by atoms with E-state index in [0.29, 0.717) is 30.4 Å². The Morgan fingerprint density at radius 3 is 2.85 bits per heavy atom. The minimum absolute atomic E-state index is 0.287. The van der Waals surface area contributed by atoms with Crippen LogP contribution in [0.2, 0.25) is 0 Å². The number of para-hydroxylation sites is 2. The molecule has 3 heterocycles. The summed E-state index contributed by atoms with van der Waals surface area (Å²) in [5, 5.41) is 4.51. The largest absolute Gasteiger partial charge is 0.342 e. The Labute approximate surface area is 192 Å². The Bertz CT molecular complexity index is 1000. The van der Waals surface area contributed by atoms with Gasteiger partial charge in [-0.25, -0.2) is 9.97 Å². The third-order valence-corrected chi connectivity index (χ3v) is 6.00. The Morgan fingerprint density at radius 2 is 2.12 bits per heavy atom. The summed E-state index contributed by atoms with van der Waals surface area (Å²) in [6.07, 6.45) is 4.18. The summed E-state index contributed by atoms with van der Waals surface area (Å²) in [6.45, 7) is 4.53. The quantitative estimate of drug-likeness (QED) is 0.206. The van der Waals surface area contributed by atoms with Crippen molar-refractivity contribution in [2.24, 2.45) is 5.90 Å². The van der Waals surface area contributed by atoms with Gasteiger partial charge in [0.1, 0.15) is 23.5 Å². The number of nitrogens with two attached hydrogens (primary N) is 1. The van der Waals surface area contributed by atoms with Crippen LogP contribution < -0.4 is 11.2 Å². The number of likely N-dealkylation sites (tertiary alicyclic amines) is 1. The lowest BCUT2D eigenvalue weighted by Gasteiger charge is -2.28. The number of carbonyl (C=O) groups is 1. The van der Waals surface area contributed by atoms with Gasteiger partial charge in [-0.05, 0) is 51.5 Å². The maximum atomic E-state index is 13.1. The number of fused-ring (bicyclic) bond motifs is 1. The molecule has 0 saturated carbocycles. The molecule has 0 spiro atoms. The van der Waals surface area contributed by atoms with Gasteiger partial charge < -0.3 is 20.2 Å². The van der Waals surface area contributed by atoms with Crippen molar-refractivity contribution < 1.29 is 14.8 Å². The molecule has 1 aromatic carbocycles. The van der Waals surface area contributed by atoms with Gasteiger partial charge in [0.25, 0.3) is 5.91 Å². The molecule has 3 aromatic rings. The number of hydrogen-bond acceptors (Lipinski definition) is 8. The second-order valence-corrected chi connectivity index (χ2v) is 8.47. The van der Waals surface area contributed by atoms with Crippen molar-refractivity contribution in [2.45, 2.75) is 44.7 Å². The highest BCUT2D eigenvalue weighted by atomic mass is 17.3. The van der Waals surface area contributed by atoms with Gasteiger partial charge in [0, 0.05) is 18.9 Å². The fraction of sp³-hybridized carbons (Fsp3) is 0.500. The third kappa shape index (κ3) is 5.75. The van der Waals surface area contributed by atoms with E-state index in [-0.39, 0.29) is 5.91 Å². The van der Waals surface area contributed by atoms with Gasteiger partial charge in [0.05, 0.1) is 17.2 Å². The average molecular weight is 457 g/mol. The van der Waals surface area contributed by atoms with Crippen LogP contribution in [0.1, 0.15) is 54.2 Å². The molecule has 1 unspecified atom stereocenters. The smallest absolute Gasteiger partial charge is 0.270 e. The molecule has 11 heteroatoms. The summed E-state index contributed by atoms with van der Waals surface area (Å²) < 4.78 is 0. The SMILES string of the molecule is CCCN(OON)C(Cc1nc2ccccc2[nH]1)NC(=O)c1cnc(C2CCN(C)CC2)[nH]1. The molecule has 33 heavy (non-hydrogen) atoms. The Morgan fingerprint density at radius 1 is 1.33 bits per heavy atom. The van der Waals surface area contributed by atoms with Crippen molar-refractivity contribution in [1.82, 2.24) is 35.2 Å². The third-order valence-electron chi connectivity index (χ3n) is 6.00. The van der Waals surface area contributed by atoms with E-state index in [9.17, 15) is 4.79 Å². The number of imidazole rings is 2. The number of nitrogens with zero attached hydrogens (tertiary/aromatic N) is 4. The summed E-state index contributed by atoms with van der Waals surface area (Å²) in [5.41, 5.74) is 2.18. The molecule has 0 aliphatic carbocycles. The molecule has 1 aliphatic heterocycles. The van der Waals surface area contributed by atoms with Crippen LogP contribution >= 0.6 is 0 Å². The second kappa shape index (κ2) is 10.9. The molecule has 1 amide bonds. The average Bonchev–Trinajstić information content (AvgIpc) is 3.46. The van der Waals surface area contributed by atoms with Crippen molar-refractivity contribution in [3.05, 3.63) is 47.8 Å². The summed E-state index contributed by atoms with van der Waals surface area (Å²) in [6, 6.07) is 7.76. The van der Waals surface area contributed by atoms with Crippen LogP contribution in [-0.2, 0) is 16.4 Å². The molecule has 11 nitrogen and oxygen atoms in total. The summed E-state index contributed by atoms with van der Waals surface area (Å²) in [4.78, 5) is 40.6. The number of rotatable bonds is 10. The van der Waals surface area contributed by atoms with Crippen molar-refractivity contribution in [2.75, 3.05) is 26.7 Å². The zero-order chi connectivity index (χ0) is 23.2. The van der Waals surface area contributed by atoms with Crippen LogP contribution in [0.3, 0.4) is 0 Å². The summed E-state index contributed by atoms with van der Waals surface area (Å²) >= 11 is 0. The van der Waals surface area contributed by atoms with Crippen LogP contribution in [0, 0.1) is 0 Å². The van der Waals surface area contributed by atoms with Crippen molar-refractivity contribution in [3.8, 4) is 0 Å². The first-order valence-electron chi connectivity index (χ1n) is 11.4. The Hall–Kier alpha value is -2.83. The highest BCUT2D eigenvalue weighted by Crippen LogP contribution is 2.25. The van der Waals surface area contributed by atoms with Crippen molar-refractivity contribution >= 4 is 16.9 Å². The number of H-pyrrole nitrogens is 2. The lowest BCUT2D eigenvalue weighted by molar-refractivity contribution is -0.442. The molecule has 1 saturated heterocycles. The van der Waals surface area contributed by atoms with Crippen LogP contribution in [0.4, 0.5) is 0 Å². The fourth-order valence-corrected chi connectivity index (χ4v) is 4.20. The molecule has 178 valence electrons. The molecule has 5 N–H and O–H groups in total. The number of aromatic amines is 2. The van der Waals surface area contributed by atoms with E-state index in [1.165, 1.54) is 5.06 Å². The monoisotopic (exact) mass is 456 g/mol. The van der Waals surface area contributed by atoms with Gasteiger partial charge >= 0.3 is 0 Å². The highest BCUT2D eigenvalue weighted by molar-refractivity contribution is 5.92. The number of benzene rings is 1. The number of piperidine rings is 1. The Kier molecular flexibility index (Phi) is 7.68.